The zero-order chi connectivity index (χ0) is 13.3. The summed E-state index contributed by atoms with van der Waals surface area (Å²) in [5.74, 6) is 0.478. The molecule has 1 heterocycles. The van der Waals surface area contributed by atoms with Crippen molar-refractivity contribution in [2.75, 3.05) is 18.2 Å². The van der Waals surface area contributed by atoms with E-state index in [2.05, 4.69) is 17.3 Å². The largest absolute Gasteiger partial charge is 0.465 e. The molecule has 0 saturated heterocycles. The molecular weight excluding hydrogens is 232 g/mol. The van der Waals surface area contributed by atoms with E-state index in [1.54, 1.807) is 4.68 Å². The Bertz CT molecular complexity index is 451. The molecule has 0 spiro atoms. The number of esters is 1. The van der Waals surface area contributed by atoms with E-state index >= 15 is 0 Å². The van der Waals surface area contributed by atoms with Crippen molar-refractivity contribution in [2.24, 2.45) is 0 Å². The smallest absolute Gasteiger partial charge is 0.345 e. The number of rotatable bonds is 5. The highest BCUT2D eigenvalue weighted by Gasteiger charge is 2.29. The van der Waals surface area contributed by atoms with E-state index in [4.69, 9.17) is 10.5 Å². The number of carbonyl (C=O) groups excluding carboxylic acids is 1. The number of nitrogens with one attached hydrogen (secondary N) is 1. The molecule has 1 aliphatic carbocycles. The first-order valence-corrected chi connectivity index (χ1v) is 6.31. The third-order valence-corrected chi connectivity index (χ3v) is 3.26. The summed E-state index contributed by atoms with van der Waals surface area (Å²) in [6, 6.07) is 0.566. The number of ether oxygens (including phenoxy) is 1. The number of methoxy groups -OCH3 is 1. The summed E-state index contributed by atoms with van der Waals surface area (Å²) in [6.45, 7) is 4.07. The molecule has 100 valence electrons. The van der Waals surface area contributed by atoms with Crippen molar-refractivity contribution in [3.8, 4) is 0 Å². The quantitative estimate of drug-likeness (QED) is 0.781. The number of nitrogen functional groups attached to an aromatic ring is 1. The Hall–Kier alpha value is -1.72. The molecule has 0 bridgehead atoms. The Morgan fingerprint density at radius 1 is 1.67 bits per heavy atom. The molecule has 0 amide bonds. The van der Waals surface area contributed by atoms with Crippen LogP contribution in [0.25, 0.3) is 0 Å². The molecule has 1 aromatic rings. The Balaban J connectivity index is 2.38. The fraction of sp³-hybridized carbons (Fsp3) is 0.667. The lowest BCUT2D eigenvalue weighted by atomic mass is 10.2. The first kappa shape index (κ1) is 12.7. The van der Waals surface area contributed by atoms with E-state index in [1.165, 1.54) is 7.11 Å². The second-order valence-electron chi connectivity index (χ2n) is 4.72. The van der Waals surface area contributed by atoms with Crippen LogP contribution < -0.4 is 11.1 Å². The summed E-state index contributed by atoms with van der Waals surface area (Å²) < 4.78 is 6.47. The van der Waals surface area contributed by atoms with Crippen LogP contribution in [0.15, 0.2) is 0 Å². The molecule has 2 rings (SSSR count). The molecule has 1 fully saturated rings. The van der Waals surface area contributed by atoms with Gasteiger partial charge < -0.3 is 15.8 Å². The van der Waals surface area contributed by atoms with Crippen LogP contribution in [0.5, 0.6) is 0 Å². The maximum Gasteiger partial charge on any atom is 0.345 e. The van der Waals surface area contributed by atoms with E-state index in [0.29, 0.717) is 23.2 Å². The predicted molar refractivity (Wildman–Crippen MR) is 69.6 cm³/mol. The Labute approximate surface area is 106 Å². The lowest BCUT2D eigenvalue weighted by molar-refractivity contribution is 0.0603. The minimum atomic E-state index is -0.440. The zero-order valence-electron chi connectivity index (χ0n) is 11.1. The van der Waals surface area contributed by atoms with E-state index in [0.717, 1.165) is 19.3 Å². The van der Waals surface area contributed by atoms with Crippen molar-refractivity contribution in [1.82, 2.24) is 9.78 Å². The van der Waals surface area contributed by atoms with Crippen molar-refractivity contribution in [3.05, 3.63) is 5.56 Å². The molecule has 1 saturated carbocycles. The Morgan fingerprint density at radius 3 is 2.83 bits per heavy atom. The molecule has 0 radical (unpaired) electrons. The van der Waals surface area contributed by atoms with Crippen molar-refractivity contribution in [1.29, 1.82) is 0 Å². The van der Waals surface area contributed by atoms with Gasteiger partial charge >= 0.3 is 5.97 Å². The fourth-order valence-corrected chi connectivity index (χ4v) is 1.78. The van der Waals surface area contributed by atoms with Crippen LogP contribution in [-0.2, 0) is 4.74 Å². The summed E-state index contributed by atoms with van der Waals surface area (Å²) in [6.07, 6.45) is 3.11. The third-order valence-electron chi connectivity index (χ3n) is 3.26. The molecule has 0 aliphatic heterocycles. The molecule has 0 aromatic carbocycles. The van der Waals surface area contributed by atoms with Gasteiger partial charge in [0.1, 0.15) is 11.4 Å². The van der Waals surface area contributed by atoms with Gasteiger partial charge in [-0.3, -0.25) is 0 Å². The number of nitrogens with zero attached hydrogens (tertiary/aromatic N) is 2. The SMILES string of the molecule is CCC(C)n1nc(NC2CC2)c(C(=O)OC)c1N. The van der Waals surface area contributed by atoms with Gasteiger partial charge in [-0.25, -0.2) is 9.48 Å². The van der Waals surface area contributed by atoms with Crippen LogP contribution in [0.3, 0.4) is 0 Å². The summed E-state index contributed by atoms with van der Waals surface area (Å²) in [4.78, 5) is 11.8. The van der Waals surface area contributed by atoms with Crippen LogP contribution >= 0.6 is 0 Å². The number of nitrogens with two attached hydrogens (primary N) is 1. The van der Waals surface area contributed by atoms with E-state index in [1.807, 2.05) is 6.92 Å². The highest BCUT2D eigenvalue weighted by molar-refractivity contribution is 5.99. The van der Waals surface area contributed by atoms with E-state index in [-0.39, 0.29) is 6.04 Å². The summed E-state index contributed by atoms with van der Waals surface area (Å²) in [7, 11) is 1.35. The minimum absolute atomic E-state index is 0.156. The Morgan fingerprint density at radius 2 is 2.33 bits per heavy atom. The number of carbonyl (C=O) groups is 1. The average molecular weight is 252 g/mol. The molecule has 1 aliphatic rings. The maximum absolute atomic E-state index is 11.8. The molecule has 1 atom stereocenters. The molecule has 6 nitrogen and oxygen atoms in total. The van der Waals surface area contributed by atoms with Crippen molar-refractivity contribution in [2.45, 2.75) is 45.2 Å². The summed E-state index contributed by atoms with van der Waals surface area (Å²) >= 11 is 0. The second-order valence-corrected chi connectivity index (χ2v) is 4.72. The zero-order valence-corrected chi connectivity index (χ0v) is 11.1. The number of anilines is 2. The van der Waals surface area contributed by atoms with Crippen LogP contribution in [0.4, 0.5) is 11.6 Å². The number of hydrogen-bond acceptors (Lipinski definition) is 5. The van der Waals surface area contributed by atoms with Gasteiger partial charge in [0.2, 0.25) is 0 Å². The van der Waals surface area contributed by atoms with Crippen molar-refractivity contribution >= 4 is 17.6 Å². The van der Waals surface area contributed by atoms with Crippen LogP contribution in [0.1, 0.15) is 49.5 Å². The van der Waals surface area contributed by atoms with Crippen LogP contribution in [0, 0.1) is 0 Å². The highest BCUT2D eigenvalue weighted by atomic mass is 16.5. The second kappa shape index (κ2) is 4.88. The van der Waals surface area contributed by atoms with Gasteiger partial charge in [-0.1, -0.05) is 6.92 Å². The predicted octanol–water partition coefficient (Wildman–Crippen LogP) is 1.80. The van der Waals surface area contributed by atoms with Gasteiger partial charge in [0.05, 0.1) is 13.2 Å². The third kappa shape index (κ3) is 2.27. The first-order chi connectivity index (χ1) is 8.58. The first-order valence-electron chi connectivity index (χ1n) is 6.31. The Kier molecular flexibility index (Phi) is 3.45. The molecule has 3 N–H and O–H groups in total. The topological polar surface area (TPSA) is 82.2 Å². The van der Waals surface area contributed by atoms with Crippen LogP contribution in [0.2, 0.25) is 0 Å². The molecular formula is C12H20N4O2. The minimum Gasteiger partial charge on any atom is -0.465 e. The number of aromatic nitrogens is 2. The maximum atomic E-state index is 11.8. The summed E-state index contributed by atoms with van der Waals surface area (Å²) in [5.41, 5.74) is 6.36. The molecule has 1 unspecified atom stereocenters. The molecule has 18 heavy (non-hydrogen) atoms. The highest BCUT2D eigenvalue weighted by Crippen LogP contribution is 2.31. The molecule has 1 aromatic heterocycles. The average Bonchev–Trinajstić information content (AvgIpc) is 3.12. The van der Waals surface area contributed by atoms with Crippen molar-refractivity contribution in [3.63, 3.8) is 0 Å². The summed E-state index contributed by atoms with van der Waals surface area (Å²) in [5, 5.41) is 7.64. The van der Waals surface area contributed by atoms with Gasteiger partial charge in [0.25, 0.3) is 0 Å². The van der Waals surface area contributed by atoms with Gasteiger partial charge in [0.15, 0.2) is 5.82 Å². The van der Waals surface area contributed by atoms with E-state index in [9.17, 15) is 4.79 Å². The van der Waals surface area contributed by atoms with Gasteiger partial charge in [0, 0.05) is 6.04 Å². The normalized spacial score (nSPS) is 16.4. The van der Waals surface area contributed by atoms with Gasteiger partial charge in [-0.2, -0.15) is 5.10 Å². The van der Waals surface area contributed by atoms with E-state index < -0.39 is 5.97 Å². The van der Waals surface area contributed by atoms with Crippen LogP contribution in [-0.4, -0.2) is 28.9 Å². The lowest BCUT2D eigenvalue weighted by Gasteiger charge is -2.10. The van der Waals surface area contributed by atoms with Gasteiger partial charge in [-0.05, 0) is 26.2 Å². The lowest BCUT2D eigenvalue weighted by Crippen LogP contribution is -2.11. The van der Waals surface area contributed by atoms with Gasteiger partial charge in [-0.15, -0.1) is 0 Å². The van der Waals surface area contributed by atoms with Crippen molar-refractivity contribution < 1.29 is 9.53 Å². The fourth-order valence-electron chi connectivity index (χ4n) is 1.78. The standard InChI is InChI=1S/C12H20N4O2/c1-4-7(2)16-10(13)9(12(17)18-3)11(15-16)14-8-5-6-8/h7-8H,4-6,13H2,1-3H3,(H,14,15). The number of hydrogen-bond donors (Lipinski definition) is 2. The monoisotopic (exact) mass is 252 g/mol. The molecule has 6 heteroatoms.